The molecule has 2 aromatic carbocycles. The Kier molecular flexibility index (Phi) is 6.28. The third kappa shape index (κ3) is 4.83. The Hall–Kier alpha value is -3.36. The number of aromatic nitrogens is 4. The number of aromatic amines is 2. The van der Waals surface area contributed by atoms with Crippen LogP contribution < -0.4 is 9.62 Å². The van der Waals surface area contributed by atoms with Gasteiger partial charge in [-0.2, -0.15) is 26.7 Å². The third-order valence-corrected chi connectivity index (χ3v) is 7.33. The largest absolute Gasteiger partial charge is 0.516 e. The first-order valence-electron chi connectivity index (χ1n) is 11.5. The number of imidazole rings is 1. The second-order valence-electron chi connectivity index (χ2n) is 9.36. The fourth-order valence-corrected chi connectivity index (χ4v) is 5.09. The Morgan fingerprint density at radius 1 is 1.22 bits per heavy atom. The van der Waals surface area contributed by atoms with Gasteiger partial charge < -0.3 is 19.5 Å². The first kappa shape index (κ1) is 25.3. The Bertz CT molecular complexity index is 1550. The molecule has 2 aromatic heterocycles. The monoisotopic (exact) mass is 537 g/mol. The summed E-state index contributed by atoms with van der Waals surface area (Å²) >= 11 is 0. The molecule has 14 heteroatoms. The van der Waals surface area contributed by atoms with Crippen molar-refractivity contribution in [3.8, 4) is 11.5 Å². The van der Waals surface area contributed by atoms with Crippen LogP contribution in [0.4, 0.5) is 24.5 Å². The molecule has 0 aliphatic carbocycles. The van der Waals surface area contributed by atoms with E-state index in [9.17, 15) is 21.6 Å². The standard InChI is InChI=1S/C23H26F3N7O3S/c1-13-12-36-15(10-32(2)3)11-33(13)14-7-8-16-19(9-14)28-22(27-16)21-20-17(29-30-21)5-4-6-18(20)31-37(34,35)23(24,25)26/h4-9,13,15,31H,10-12H2,1-3H3,(H,27,28)(H,29,30). The molecule has 1 saturated heterocycles. The van der Waals surface area contributed by atoms with Gasteiger partial charge in [-0.15, -0.1) is 0 Å². The van der Waals surface area contributed by atoms with Crippen LogP contribution in [-0.4, -0.2) is 84.9 Å². The first-order valence-corrected chi connectivity index (χ1v) is 13.0. The summed E-state index contributed by atoms with van der Waals surface area (Å²) in [6.45, 7) is 4.21. The van der Waals surface area contributed by atoms with E-state index in [0.29, 0.717) is 23.2 Å². The second kappa shape index (κ2) is 9.19. The van der Waals surface area contributed by atoms with Gasteiger partial charge in [0.1, 0.15) is 5.69 Å². The molecule has 4 aromatic rings. The molecule has 0 bridgehead atoms. The highest BCUT2D eigenvalue weighted by molar-refractivity contribution is 7.93. The summed E-state index contributed by atoms with van der Waals surface area (Å²) in [5.41, 5.74) is -2.85. The van der Waals surface area contributed by atoms with Gasteiger partial charge in [0.2, 0.25) is 0 Å². The van der Waals surface area contributed by atoms with E-state index in [4.69, 9.17) is 4.74 Å². The minimum Gasteiger partial charge on any atom is -0.373 e. The summed E-state index contributed by atoms with van der Waals surface area (Å²) < 4.78 is 70.1. The number of halogens is 3. The van der Waals surface area contributed by atoms with Crippen molar-refractivity contribution in [2.45, 2.75) is 24.6 Å². The highest BCUT2D eigenvalue weighted by Gasteiger charge is 2.46. The zero-order valence-electron chi connectivity index (χ0n) is 20.3. The third-order valence-electron chi connectivity index (χ3n) is 6.23. The molecule has 0 radical (unpaired) electrons. The van der Waals surface area contributed by atoms with Crippen LogP contribution in [0.15, 0.2) is 36.4 Å². The smallest absolute Gasteiger partial charge is 0.373 e. The van der Waals surface area contributed by atoms with E-state index in [1.54, 1.807) is 10.8 Å². The van der Waals surface area contributed by atoms with E-state index in [2.05, 4.69) is 36.9 Å². The van der Waals surface area contributed by atoms with Gasteiger partial charge in [-0.1, -0.05) is 6.07 Å². The molecule has 2 unspecified atom stereocenters. The zero-order valence-corrected chi connectivity index (χ0v) is 21.1. The fourth-order valence-electron chi connectivity index (χ4n) is 4.52. The number of ether oxygens (including phenoxy) is 1. The molecule has 0 saturated carbocycles. The van der Waals surface area contributed by atoms with E-state index in [0.717, 1.165) is 18.8 Å². The van der Waals surface area contributed by atoms with Crippen LogP contribution in [0.3, 0.4) is 0 Å². The highest BCUT2D eigenvalue weighted by Crippen LogP contribution is 2.35. The normalized spacial score (nSPS) is 19.3. The Balaban J connectivity index is 1.51. The molecule has 198 valence electrons. The van der Waals surface area contributed by atoms with E-state index >= 15 is 0 Å². The van der Waals surface area contributed by atoms with Gasteiger partial charge >= 0.3 is 15.5 Å². The van der Waals surface area contributed by atoms with E-state index < -0.39 is 15.5 Å². The van der Waals surface area contributed by atoms with Crippen LogP contribution >= 0.6 is 0 Å². The molecule has 3 N–H and O–H groups in total. The topological polar surface area (TPSA) is 119 Å². The predicted octanol–water partition coefficient (Wildman–Crippen LogP) is 3.52. The number of anilines is 2. The number of morpholine rings is 1. The van der Waals surface area contributed by atoms with Crippen LogP contribution in [0.1, 0.15) is 6.92 Å². The van der Waals surface area contributed by atoms with Crippen molar-refractivity contribution in [1.82, 2.24) is 25.1 Å². The fraction of sp³-hybridized carbons (Fsp3) is 0.391. The van der Waals surface area contributed by atoms with Crippen molar-refractivity contribution in [1.29, 1.82) is 0 Å². The number of sulfonamides is 1. The zero-order chi connectivity index (χ0) is 26.5. The van der Waals surface area contributed by atoms with Crippen molar-refractivity contribution >= 4 is 43.3 Å². The van der Waals surface area contributed by atoms with Crippen molar-refractivity contribution in [3.63, 3.8) is 0 Å². The van der Waals surface area contributed by atoms with E-state index in [1.807, 2.05) is 32.3 Å². The highest BCUT2D eigenvalue weighted by atomic mass is 32.2. The maximum Gasteiger partial charge on any atom is 0.516 e. The number of nitrogens with zero attached hydrogens (tertiary/aromatic N) is 4. The van der Waals surface area contributed by atoms with E-state index in [1.165, 1.54) is 12.1 Å². The lowest BCUT2D eigenvalue weighted by molar-refractivity contribution is -0.0429. The number of rotatable bonds is 6. The summed E-state index contributed by atoms with van der Waals surface area (Å²) in [6, 6.07) is 10.2. The lowest BCUT2D eigenvalue weighted by atomic mass is 10.1. The summed E-state index contributed by atoms with van der Waals surface area (Å²) in [6.07, 6.45) is 0.0635. The molecule has 1 fully saturated rings. The molecular formula is C23H26F3N7O3S. The average molecular weight is 538 g/mol. The Morgan fingerprint density at radius 2 is 2.00 bits per heavy atom. The number of likely N-dealkylation sites (N-methyl/N-ethyl adjacent to an activating group) is 1. The van der Waals surface area contributed by atoms with Gasteiger partial charge in [-0.3, -0.25) is 9.82 Å². The van der Waals surface area contributed by atoms with Crippen molar-refractivity contribution in [2.24, 2.45) is 0 Å². The molecular weight excluding hydrogens is 511 g/mol. The minimum absolute atomic E-state index is 0.0635. The molecule has 1 aliphatic heterocycles. The maximum absolute atomic E-state index is 13.0. The number of fused-ring (bicyclic) bond motifs is 2. The second-order valence-corrected chi connectivity index (χ2v) is 11.0. The van der Waals surface area contributed by atoms with Crippen LogP contribution in [0, 0.1) is 0 Å². The molecule has 37 heavy (non-hydrogen) atoms. The lowest BCUT2D eigenvalue weighted by Crippen LogP contribution is -2.51. The van der Waals surface area contributed by atoms with Gasteiger partial charge in [-0.05, 0) is 51.4 Å². The molecule has 1 aliphatic rings. The van der Waals surface area contributed by atoms with Gasteiger partial charge in [0, 0.05) is 24.8 Å². The first-order chi connectivity index (χ1) is 17.4. The van der Waals surface area contributed by atoms with Crippen molar-refractivity contribution in [3.05, 3.63) is 36.4 Å². The number of alkyl halides is 3. The van der Waals surface area contributed by atoms with Crippen LogP contribution in [0.5, 0.6) is 0 Å². The van der Waals surface area contributed by atoms with E-state index in [-0.39, 0.29) is 34.7 Å². The number of nitrogens with one attached hydrogen (secondary N) is 3. The molecule has 3 heterocycles. The summed E-state index contributed by atoms with van der Waals surface area (Å²) in [4.78, 5) is 12.1. The number of hydrogen-bond acceptors (Lipinski definition) is 7. The van der Waals surface area contributed by atoms with Gasteiger partial charge in [0.15, 0.2) is 5.82 Å². The summed E-state index contributed by atoms with van der Waals surface area (Å²) in [5.74, 6) is 0.289. The number of H-pyrrole nitrogens is 2. The minimum atomic E-state index is -5.62. The van der Waals surface area contributed by atoms with Gasteiger partial charge in [-0.25, -0.2) is 4.98 Å². The Morgan fingerprint density at radius 3 is 2.73 bits per heavy atom. The summed E-state index contributed by atoms with van der Waals surface area (Å²) in [5, 5.41) is 7.11. The van der Waals surface area contributed by atoms with Crippen LogP contribution in [0.25, 0.3) is 33.5 Å². The lowest BCUT2D eigenvalue weighted by Gasteiger charge is -2.40. The molecule has 10 nitrogen and oxygen atoms in total. The number of benzene rings is 2. The molecule has 2 atom stereocenters. The molecule has 5 rings (SSSR count). The number of hydrogen-bond donors (Lipinski definition) is 3. The average Bonchev–Trinajstić information content (AvgIpc) is 3.43. The quantitative estimate of drug-likeness (QED) is 0.344. The molecule has 0 amide bonds. The van der Waals surface area contributed by atoms with Gasteiger partial charge in [0.05, 0.1) is 40.3 Å². The van der Waals surface area contributed by atoms with Gasteiger partial charge in [0.25, 0.3) is 0 Å². The van der Waals surface area contributed by atoms with Crippen LogP contribution in [-0.2, 0) is 14.8 Å². The predicted molar refractivity (Wildman–Crippen MR) is 135 cm³/mol. The van der Waals surface area contributed by atoms with Crippen molar-refractivity contribution in [2.75, 3.05) is 43.4 Å². The SMILES string of the molecule is CC1COC(CN(C)C)CN1c1ccc2nc(-c3n[nH]c4cccc(NS(=O)(=O)C(F)(F)F)c34)[nH]c2c1. The maximum atomic E-state index is 13.0. The molecule has 0 spiro atoms. The summed E-state index contributed by atoms with van der Waals surface area (Å²) in [7, 11) is -1.62. The van der Waals surface area contributed by atoms with Crippen molar-refractivity contribution < 1.29 is 26.3 Å². The van der Waals surface area contributed by atoms with Crippen LogP contribution in [0.2, 0.25) is 0 Å². The Labute approximate surface area is 210 Å².